The van der Waals surface area contributed by atoms with Gasteiger partial charge < -0.3 is 0 Å². The Bertz CT molecular complexity index is 221. The molecule has 108 valence electrons. The van der Waals surface area contributed by atoms with Crippen LogP contribution in [0.2, 0.25) is 0 Å². The normalized spacial score (nSPS) is 29.0. The smallest absolute Gasteiger partial charge is 0.0354 e. The van der Waals surface area contributed by atoms with E-state index >= 15 is 0 Å². The number of hydrogen-bond donors (Lipinski definition) is 0. The Morgan fingerprint density at radius 3 is 1.00 bits per heavy atom. The highest BCUT2D eigenvalue weighted by Gasteiger charge is 2.27. The molecule has 0 radical (unpaired) electrons. The zero-order valence-electron chi connectivity index (χ0n) is 13.9. The Hall–Kier alpha value is 0. The first-order chi connectivity index (χ1) is 8.12. The van der Waals surface area contributed by atoms with Gasteiger partial charge in [0, 0.05) is 0 Å². The van der Waals surface area contributed by atoms with Crippen LogP contribution in [-0.2, 0) is 0 Å². The number of hydrogen-bond acceptors (Lipinski definition) is 0. The van der Waals surface area contributed by atoms with Crippen LogP contribution in [0, 0.1) is 16.2 Å². The van der Waals surface area contributed by atoms with Crippen LogP contribution in [0.1, 0.15) is 99.3 Å². The van der Waals surface area contributed by atoms with E-state index < -0.39 is 0 Å². The van der Waals surface area contributed by atoms with Gasteiger partial charge in [-0.1, -0.05) is 60.8 Å². The Labute approximate surface area is 116 Å². The Morgan fingerprint density at radius 1 is 0.389 bits per heavy atom. The third-order valence-corrected chi connectivity index (χ3v) is 5.16. The van der Waals surface area contributed by atoms with Crippen molar-refractivity contribution < 1.29 is 0 Å². The van der Waals surface area contributed by atoms with Crippen molar-refractivity contribution in [2.75, 3.05) is 0 Å². The summed E-state index contributed by atoms with van der Waals surface area (Å²) in [5.41, 5.74) is 1.66. The van der Waals surface area contributed by atoms with Gasteiger partial charge in [0.15, 0.2) is 0 Å². The SMILES string of the molecule is CC1(C)CCCCCC(C)(C)CCC(C)(C)CC1. The van der Waals surface area contributed by atoms with Crippen LogP contribution >= 0.6 is 0 Å². The first kappa shape index (κ1) is 16.1. The molecule has 0 saturated heterocycles. The molecular formula is C18H36. The molecule has 0 unspecified atom stereocenters. The average molecular weight is 252 g/mol. The maximum absolute atomic E-state index is 2.48. The lowest BCUT2D eigenvalue weighted by atomic mass is 9.71. The van der Waals surface area contributed by atoms with Gasteiger partial charge in [-0.05, 0) is 54.8 Å². The van der Waals surface area contributed by atoms with E-state index in [0.717, 1.165) is 0 Å². The van der Waals surface area contributed by atoms with E-state index in [2.05, 4.69) is 41.5 Å². The Kier molecular flexibility index (Phi) is 5.32. The molecule has 18 heavy (non-hydrogen) atoms. The van der Waals surface area contributed by atoms with Crippen LogP contribution in [0.3, 0.4) is 0 Å². The van der Waals surface area contributed by atoms with Gasteiger partial charge in [-0.2, -0.15) is 0 Å². The summed E-state index contributed by atoms with van der Waals surface area (Å²) in [5, 5.41) is 0. The van der Waals surface area contributed by atoms with E-state index in [9.17, 15) is 0 Å². The third-order valence-electron chi connectivity index (χ3n) is 5.16. The summed E-state index contributed by atoms with van der Waals surface area (Å²) in [6, 6.07) is 0. The zero-order chi connectivity index (χ0) is 13.9. The second kappa shape index (κ2) is 5.97. The summed E-state index contributed by atoms with van der Waals surface area (Å²) in [6.07, 6.45) is 12.8. The monoisotopic (exact) mass is 252 g/mol. The van der Waals surface area contributed by atoms with Crippen molar-refractivity contribution >= 4 is 0 Å². The van der Waals surface area contributed by atoms with Crippen LogP contribution in [-0.4, -0.2) is 0 Å². The summed E-state index contributed by atoms with van der Waals surface area (Å²) in [4.78, 5) is 0. The second-order valence-electron chi connectivity index (χ2n) is 9.05. The average Bonchev–Trinajstić information content (AvgIpc) is 2.23. The van der Waals surface area contributed by atoms with E-state index in [1.165, 1.54) is 57.8 Å². The van der Waals surface area contributed by atoms with Gasteiger partial charge in [0.25, 0.3) is 0 Å². The Morgan fingerprint density at radius 2 is 0.667 bits per heavy atom. The van der Waals surface area contributed by atoms with Gasteiger partial charge in [-0.3, -0.25) is 0 Å². The van der Waals surface area contributed by atoms with Gasteiger partial charge >= 0.3 is 0 Å². The van der Waals surface area contributed by atoms with Crippen molar-refractivity contribution in [1.29, 1.82) is 0 Å². The minimum atomic E-state index is 0.535. The fraction of sp³-hybridized carbons (Fsp3) is 1.00. The highest BCUT2D eigenvalue weighted by Crippen LogP contribution is 2.41. The van der Waals surface area contributed by atoms with Crippen LogP contribution in [0.15, 0.2) is 0 Å². The van der Waals surface area contributed by atoms with Gasteiger partial charge in [-0.15, -0.1) is 0 Å². The molecule has 1 aliphatic carbocycles. The molecule has 0 bridgehead atoms. The third kappa shape index (κ3) is 6.25. The molecule has 1 rings (SSSR count). The second-order valence-corrected chi connectivity index (χ2v) is 9.05. The van der Waals surface area contributed by atoms with E-state index in [1.807, 2.05) is 0 Å². The van der Waals surface area contributed by atoms with Crippen molar-refractivity contribution in [3.8, 4) is 0 Å². The largest absolute Gasteiger partial charge is 0.0599 e. The van der Waals surface area contributed by atoms with E-state index in [0.29, 0.717) is 16.2 Å². The van der Waals surface area contributed by atoms with Crippen LogP contribution in [0.4, 0.5) is 0 Å². The summed E-state index contributed by atoms with van der Waals surface area (Å²) < 4.78 is 0. The lowest BCUT2D eigenvalue weighted by molar-refractivity contribution is 0.169. The van der Waals surface area contributed by atoms with Crippen molar-refractivity contribution in [3.63, 3.8) is 0 Å². The molecule has 1 aliphatic rings. The molecule has 0 aromatic carbocycles. The van der Waals surface area contributed by atoms with Crippen LogP contribution in [0.25, 0.3) is 0 Å². The molecule has 0 aromatic rings. The van der Waals surface area contributed by atoms with Crippen molar-refractivity contribution in [2.45, 2.75) is 99.3 Å². The maximum atomic E-state index is 2.48. The molecule has 1 fully saturated rings. The minimum absolute atomic E-state index is 0.535. The van der Waals surface area contributed by atoms with Gasteiger partial charge in [0.2, 0.25) is 0 Å². The fourth-order valence-electron chi connectivity index (χ4n) is 3.11. The molecule has 0 atom stereocenters. The van der Waals surface area contributed by atoms with Gasteiger partial charge in [0.05, 0.1) is 0 Å². The maximum Gasteiger partial charge on any atom is -0.0354 e. The lowest BCUT2D eigenvalue weighted by Crippen LogP contribution is -2.22. The molecule has 0 aromatic heterocycles. The van der Waals surface area contributed by atoms with Crippen molar-refractivity contribution in [1.82, 2.24) is 0 Å². The topological polar surface area (TPSA) is 0 Å². The minimum Gasteiger partial charge on any atom is -0.0599 e. The van der Waals surface area contributed by atoms with Crippen LogP contribution in [0.5, 0.6) is 0 Å². The van der Waals surface area contributed by atoms with Crippen molar-refractivity contribution in [2.24, 2.45) is 16.2 Å². The molecule has 0 heterocycles. The lowest BCUT2D eigenvalue weighted by Gasteiger charge is -2.35. The fourth-order valence-corrected chi connectivity index (χ4v) is 3.11. The standard InChI is InChI=1S/C18H36/c1-16(2)10-8-7-9-11-17(3,4)13-15-18(5,6)14-12-16/h7-15H2,1-6H3. The molecule has 0 aliphatic heterocycles. The molecule has 1 saturated carbocycles. The molecule has 0 heteroatoms. The summed E-state index contributed by atoms with van der Waals surface area (Å²) in [7, 11) is 0. The number of rotatable bonds is 0. The Balaban J connectivity index is 2.63. The van der Waals surface area contributed by atoms with E-state index in [-0.39, 0.29) is 0 Å². The summed E-state index contributed by atoms with van der Waals surface area (Å²) in [6.45, 7) is 14.8. The highest BCUT2D eigenvalue weighted by molar-refractivity contribution is 4.80. The van der Waals surface area contributed by atoms with Crippen molar-refractivity contribution in [3.05, 3.63) is 0 Å². The predicted octanol–water partition coefficient (Wildman–Crippen LogP) is 6.59. The zero-order valence-corrected chi connectivity index (χ0v) is 13.9. The van der Waals surface area contributed by atoms with Gasteiger partial charge in [-0.25, -0.2) is 0 Å². The first-order valence-corrected chi connectivity index (χ1v) is 8.12. The molecular weight excluding hydrogens is 216 g/mol. The predicted molar refractivity (Wildman–Crippen MR) is 82.9 cm³/mol. The quantitative estimate of drug-likeness (QED) is 0.456. The van der Waals surface area contributed by atoms with E-state index in [1.54, 1.807) is 0 Å². The molecule has 0 amide bonds. The van der Waals surface area contributed by atoms with Crippen LogP contribution < -0.4 is 0 Å². The highest BCUT2D eigenvalue weighted by atomic mass is 14.3. The molecule has 0 nitrogen and oxygen atoms in total. The summed E-state index contributed by atoms with van der Waals surface area (Å²) >= 11 is 0. The summed E-state index contributed by atoms with van der Waals surface area (Å²) in [5.74, 6) is 0. The molecule has 0 spiro atoms. The first-order valence-electron chi connectivity index (χ1n) is 8.12. The molecule has 0 N–H and O–H groups in total. The van der Waals surface area contributed by atoms with E-state index in [4.69, 9.17) is 0 Å². The van der Waals surface area contributed by atoms with Gasteiger partial charge in [0.1, 0.15) is 0 Å².